The van der Waals surface area contributed by atoms with Crippen LogP contribution in [0.5, 0.6) is 0 Å². The van der Waals surface area contributed by atoms with Gasteiger partial charge in [0.25, 0.3) is 0 Å². The van der Waals surface area contributed by atoms with Gasteiger partial charge >= 0.3 is 0 Å². The Kier molecular flexibility index (Phi) is 6.72. The molecular weight excluding hydrogens is 274 g/mol. The van der Waals surface area contributed by atoms with E-state index >= 15 is 0 Å². The fourth-order valence-corrected chi connectivity index (χ4v) is 2.54. The van der Waals surface area contributed by atoms with Crippen molar-refractivity contribution in [3.05, 3.63) is 35.9 Å². The molecule has 2 N–H and O–H groups in total. The van der Waals surface area contributed by atoms with Crippen LogP contribution in [-0.2, 0) is 10.2 Å². The van der Waals surface area contributed by atoms with Gasteiger partial charge in [0.1, 0.15) is 0 Å². The van der Waals surface area contributed by atoms with Crippen LogP contribution < -0.4 is 10.6 Å². The van der Waals surface area contributed by atoms with E-state index in [4.69, 9.17) is 9.73 Å². The van der Waals surface area contributed by atoms with Crippen molar-refractivity contribution in [3.8, 4) is 0 Å². The van der Waals surface area contributed by atoms with Gasteiger partial charge in [0, 0.05) is 25.6 Å². The van der Waals surface area contributed by atoms with Gasteiger partial charge in [-0.15, -0.1) is 0 Å². The minimum Gasteiger partial charge on any atom is -0.383 e. The van der Waals surface area contributed by atoms with Crippen molar-refractivity contribution < 1.29 is 4.74 Å². The summed E-state index contributed by atoms with van der Waals surface area (Å²) < 4.78 is 5.10. The van der Waals surface area contributed by atoms with E-state index in [9.17, 15) is 0 Å². The van der Waals surface area contributed by atoms with Gasteiger partial charge in [0.15, 0.2) is 5.96 Å². The van der Waals surface area contributed by atoms with Crippen molar-refractivity contribution in [1.82, 2.24) is 10.6 Å². The molecule has 0 amide bonds. The molecule has 22 heavy (non-hydrogen) atoms. The zero-order chi connectivity index (χ0) is 15.7. The molecule has 1 aromatic rings. The van der Waals surface area contributed by atoms with Gasteiger partial charge in [0.05, 0.1) is 13.2 Å². The summed E-state index contributed by atoms with van der Waals surface area (Å²) in [6.45, 7) is 5.50. The average molecular weight is 303 g/mol. The number of methoxy groups -OCH3 is 1. The minimum atomic E-state index is 0.266. The average Bonchev–Trinajstić information content (AvgIpc) is 3.34. The largest absolute Gasteiger partial charge is 0.383 e. The maximum absolute atomic E-state index is 5.10. The van der Waals surface area contributed by atoms with Crippen LogP contribution in [0.4, 0.5) is 0 Å². The summed E-state index contributed by atoms with van der Waals surface area (Å²) in [5, 5.41) is 6.76. The Labute approximate surface area is 134 Å². The first-order valence-electron chi connectivity index (χ1n) is 8.37. The number of nitrogens with zero attached hydrogens (tertiary/aromatic N) is 1. The number of hydrogen-bond donors (Lipinski definition) is 2. The lowest BCUT2D eigenvalue weighted by Crippen LogP contribution is -2.40. The molecule has 0 spiro atoms. The fraction of sp³-hybridized carbons (Fsp3) is 0.611. The fourth-order valence-electron chi connectivity index (χ4n) is 2.54. The van der Waals surface area contributed by atoms with E-state index in [0.717, 1.165) is 32.0 Å². The second-order valence-electron chi connectivity index (χ2n) is 6.01. The van der Waals surface area contributed by atoms with Crippen LogP contribution in [0.2, 0.25) is 0 Å². The number of aliphatic imine (C=N–C) groups is 1. The smallest absolute Gasteiger partial charge is 0.191 e. The first kappa shape index (κ1) is 16.8. The highest BCUT2D eigenvalue weighted by Gasteiger charge is 2.43. The summed E-state index contributed by atoms with van der Waals surface area (Å²) in [4.78, 5) is 4.82. The second kappa shape index (κ2) is 8.79. The van der Waals surface area contributed by atoms with Gasteiger partial charge in [-0.3, -0.25) is 4.99 Å². The van der Waals surface area contributed by atoms with Crippen molar-refractivity contribution in [2.45, 2.75) is 38.0 Å². The maximum Gasteiger partial charge on any atom is 0.191 e. The van der Waals surface area contributed by atoms with Gasteiger partial charge in [-0.1, -0.05) is 43.7 Å². The molecular formula is C18H29N3O. The lowest BCUT2D eigenvalue weighted by molar-refractivity contribution is 0.203. The van der Waals surface area contributed by atoms with Crippen molar-refractivity contribution in [3.63, 3.8) is 0 Å². The van der Waals surface area contributed by atoms with Gasteiger partial charge in [-0.25, -0.2) is 0 Å². The van der Waals surface area contributed by atoms with Gasteiger partial charge in [-0.2, -0.15) is 0 Å². The molecule has 4 nitrogen and oxygen atoms in total. The highest BCUT2D eigenvalue weighted by atomic mass is 16.5. The van der Waals surface area contributed by atoms with Crippen LogP contribution in [-0.4, -0.2) is 39.3 Å². The summed E-state index contributed by atoms with van der Waals surface area (Å²) in [6.07, 6.45) is 4.82. The van der Waals surface area contributed by atoms with Crippen molar-refractivity contribution in [2.75, 3.05) is 33.4 Å². The Bertz CT molecular complexity index is 443. The number of unbranched alkanes of at least 4 members (excludes halogenated alkanes) is 1. The third-order valence-electron chi connectivity index (χ3n) is 4.20. The van der Waals surface area contributed by atoms with Crippen LogP contribution >= 0.6 is 0 Å². The SMILES string of the molecule is CCCCNC(=NCC1(c2ccccc2)CC1)NCCOC. The molecule has 1 aliphatic rings. The predicted octanol–water partition coefficient (Wildman–Crippen LogP) is 2.70. The Morgan fingerprint density at radius 1 is 1.18 bits per heavy atom. The maximum atomic E-state index is 5.10. The Balaban J connectivity index is 1.92. The molecule has 1 fully saturated rings. The van der Waals surface area contributed by atoms with Gasteiger partial charge in [0.2, 0.25) is 0 Å². The molecule has 0 heterocycles. The number of guanidine groups is 1. The van der Waals surface area contributed by atoms with Crippen LogP contribution in [0.3, 0.4) is 0 Å². The van der Waals surface area contributed by atoms with E-state index in [1.165, 1.54) is 24.8 Å². The summed E-state index contributed by atoms with van der Waals surface area (Å²) in [6, 6.07) is 10.8. The van der Waals surface area contributed by atoms with Crippen LogP contribution in [0.15, 0.2) is 35.3 Å². The molecule has 0 bridgehead atoms. The Morgan fingerprint density at radius 2 is 1.91 bits per heavy atom. The molecule has 0 atom stereocenters. The molecule has 1 aliphatic carbocycles. The van der Waals surface area contributed by atoms with E-state index in [-0.39, 0.29) is 5.41 Å². The lowest BCUT2D eigenvalue weighted by Gasteiger charge is -2.16. The van der Waals surface area contributed by atoms with E-state index in [0.29, 0.717) is 6.61 Å². The number of nitrogens with one attached hydrogen (secondary N) is 2. The summed E-state index contributed by atoms with van der Waals surface area (Å²) in [5.74, 6) is 0.910. The van der Waals surface area contributed by atoms with Crippen LogP contribution in [0.1, 0.15) is 38.2 Å². The number of ether oxygens (including phenoxy) is 1. The van der Waals surface area contributed by atoms with E-state index in [2.05, 4.69) is 47.9 Å². The Morgan fingerprint density at radius 3 is 2.55 bits per heavy atom. The third-order valence-corrected chi connectivity index (χ3v) is 4.20. The van der Waals surface area contributed by atoms with Crippen molar-refractivity contribution in [2.24, 2.45) is 4.99 Å². The first-order chi connectivity index (χ1) is 10.8. The topological polar surface area (TPSA) is 45.7 Å². The second-order valence-corrected chi connectivity index (χ2v) is 6.01. The molecule has 0 unspecified atom stereocenters. The highest BCUT2D eigenvalue weighted by molar-refractivity contribution is 5.79. The standard InChI is InChI=1S/C18H29N3O/c1-3-4-12-19-17(20-13-14-22-2)21-15-18(10-11-18)16-8-6-5-7-9-16/h5-9H,3-4,10-15H2,1-2H3,(H2,19,20,21). The molecule has 0 saturated heterocycles. The number of benzene rings is 1. The van der Waals surface area contributed by atoms with Crippen LogP contribution in [0, 0.1) is 0 Å². The zero-order valence-electron chi connectivity index (χ0n) is 13.9. The molecule has 0 radical (unpaired) electrons. The third kappa shape index (κ3) is 5.02. The van der Waals surface area contributed by atoms with Gasteiger partial charge in [-0.05, 0) is 24.8 Å². The van der Waals surface area contributed by atoms with E-state index in [1.807, 2.05) is 0 Å². The molecule has 4 heteroatoms. The van der Waals surface area contributed by atoms with E-state index in [1.54, 1.807) is 7.11 Å². The molecule has 0 aliphatic heterocycles. The van der Waals surface area contributed by atoms with Crippen molar-refractivity contribution >= 4 is 5.96 Å². The summed E-state index contributed by atoms with van der Waals surface area (Å²) in [7, 11) is 1.72. The monoisotopic (exact) mass is 303 g/mol. The minimum absolute atomic E-state index is 0.266. The van der Waals surface area contributed by atoms with Crippen molar-refractivity contribution in [1.29, 1.82) is 0 Å². The number of rotatable bonds is 9. The predicted molar refractivity (Wildman–Crippen MR) is 92.4 cm³/mol. The van der Waals surface area contributed by atoms with Gasteiger partial charge < -0.3 is 15.4 Å². The summed E-state index contributed by atoms with van der Waals surface area (Å²) >= 11 is 0. The molecule has 122 valence electrons. The van der Waals surface area contributed by atoms with Crippen LogP contribution in [0.25, 0.3) is 0 Å². The molecule has 0 aromatic heterocycles. The molecule has 2 rings (SSSR count). The Hall–Kier alpha value is -1.55. The summed E-state index contributed by atoms with van der Waals surface area (Å²) in [5.41, 5.74) is 1.69. The highest BCUT2D eigenvalue weighted by Crippen LogP contribution is 2.48. The number of hydrogen-bond acceptors (Lipinski definition) is 2. The lowest BCUT2D eigenvalue weighted by atomic mass is 9.96. The normalized spacial score (nSPS) is 16.4. The first-order valence-corrected chi connectivity index (χ1v) is 8.37. The zero-order valence-corrected chi connectivity index (χ0v) is 13.9. The van der Waals surface area contributed by atoms with E-state index < -0.39 is 0 Å². The molecule has 1 aromatic carbocycles. The quantitative estimate of drug-likeness (QED) is 0.419. The molecule has 1 saturated carbocycles.